The summed E-state index contributed by atoms with van der Waals surface area (Å²) in [6.45, 7) is 5.85. The standard InChI is InChI=1S/C23H20ClN3O3/c1-13-4-6-16(7-5-13)12-27-22(24)18-9-8-17(11-19(18)26-27)25-15(3)21-20(28)10-14(2)30-23(21)29/h4-11,28H,12H2,1-3H3. The van der Waals surface area contributed by atoms with Crippen LogP contribution >= 0.6 is 11.6 Å². The fourth-order valence-corrected chi connectivity index (χ4v) is 3.57. The van der Waals surface area contributed by atoms with Crippen molar-refractivity contribution >= 4 is 33.9 Å². The summed E-state index contributed by atoms with van der Waals surface area (Å²) in [6.07, 6.45) is 0. The van der Waals surface area contributed by atoms with Crippen LogP contribution in [0.25, 0.3) is 10.9 Å². The van der Waals surface area contributed by atoms with Crippen LogP contribution in [0.1, 0.15) is 29.4 Å². The molecule has 4 aromatic rings. The van der Waals surface area contributed by atoms with Gasteiger partial charge in [-0.1, -0.05) is 41.4 Å². The summed E-state index contributed by atoms with van der Waals surface area (Å²) < 4.78 is 6.82. The maximum atomic E-state index is 12.1. The number of hydrogen-bond donors (Lipinski definition) is 1. The van der Waals surface area contributed by atoms with Gasteiger partial charge in [0.05, 0.1) is 23.5 Å². The molecule has 0 unspecified atom stereocenters. The first-order valence-corrected chi connectivity index (χ1v) is 9.80. The van der Waals surface area contributed by atoms with E-state index in [0.29, 0.717) is 34.4 Å². The van der Waals surface area contributed by atoms with E-state index in [4.69, 9.17) is 16.0 Å². The Bertz CT molecular complexity index is 1330. The molecule has 2 aromatic heterocycles. The molecule has 0 radical (unpaired) electrons. The van der Waals surface area contributed by atoms with Gasteiger partial charge in [0.2, 0.25) is 0 Å². The third-order valence-corrected chi connectivity index (χ3v) is 5.22. The molecule has 0 saturated carbocycles. The fourth-order valence-electron chi connectivity index (χ4n) is 3.31. The molecule has 0 spiro atoms. The van der Waals surface area contributed by atoms with E-state index >= 15 is 0 Å². The Morgan fingerprint density at radius 3 is 2.60 bits per heavy atom. The van der Waals surface area contributed by atoms with Gasteiger partial charge in [-0.15, -0.1) is 0 Å². The van der Waals surface area contributed by atoms with Gasteiger partial charge in [-0.2, -0.15) is 5.10 Å². The van der Waals surface area contributed by atoms with Crippen molar-refractivity contribution in [1.82, 2.24) is 9.78 Å². The molecule has 152 valence electrons. The van der Waals surface area contributed by atoms with Gasteiger partial charge >= 0.3 is 5.63 Å². The van der Waals surface area contributed by atoms with Gasteiger partial charge in [0.25, 0.3) is 0 Å². The largest absolute Gasteiger partial charge is 0.507 e. The van der Waals surface area contributed by atoms with Gasteiger partial charge < -0.3 is 9.52 Å². The highest BCUT2D eigenvalue weighted by atomic mass is 35.5. The Morgan fingerprint density at radius 2 is 1.90 bits per heavy atom. The predicted molar refractivity (Wildman–Crippen MR) is 118 cm³/mol. The van der Waals surface area contributed by atoms with Crippen LogP contribution in [0.4, 0.5) is 5.69 Å². The van der Waals surface area contributed by atoms with Crippen molar-refractivity contribution in [3.05, 3.63) is 86.6 Å². The van der Waals surface area contributed by atoms with Gasteiger partial charge in [-0.05, 0) is 44.5 Å². The number of aliphatic imine (C=N–C) groups is 1. The lowest BCUT2D eigenvalue weighted by Gasteiger charge is -2.03. The van der Waals surface area contributed by atoms with Crippen LogP contribution in [0.3, 0.4) is 0 Å². The molecule has 0 fully saturated rings. The number of rotatable bonds is 4. The number of halogens is 1. The van der Waals surface area contributed by atoms with E-state index in [1.165, 1.54) is 11.6 Å². The van der Waals surface area contributed by atoms with Crippen LogP contribution in [0.15, 0.2) is 62.7 Å². The summed E-state index contributed by atoms with van der Waals surface area (Å²) in [5.41, 5.74) is 3.36. The Morgan fingerprint density at radius 1 is 1.17 bits per heavy atom. The first-order chi connectivity index (χ1) is 14.3. The second-order valence-electron chi connectivity index (χ2n) is 7.24. The molecular formula is C23H20ClN3O3. The maximum Gasteiger partial charge on any atom is 0.348 e. The van der Waals surface area contributed by atoms with Gasteiger partial charge in [0, 0.05) is 11.5 Å². The van der Waals surface area contributed by atoms with E-state index in [0.717, 1.165) is 10.9 Å². The Hall–Kier alpha value is -3.38. The number of aromatic nitrogens is 2. The second-order valence-corrected chi connectivity index (χ2v) is 7.60. The van der Waals surface area contributed by atoms with E-state index in [-0.39, 0.29) is 11.3 Å². The first-order valence-electron chi connectivity index (χ1n) is 9.43. The lowest BCUT2D eigenvalue weighted by Crippen LogP contribution is -2.12. The first kappa shape index (κ1) is 19.9. The van der Waals surface area contributed by atoms with E-state index in [2.05, 4.69) is 34.4 Å². The molecule has 1 N–H and O–H groups in total. The molecule has 6 nitrogen and oxygen atoms in total. The summed E-state index contributed by atoms with van der Waals surface area (Å²) in [5, 5.41) is 16.1. The zero-order valence-electron chi connectivity index (χ0n) is 16.8. The molecular weight excluding hydrogens is 402 g/mol. The molecule has 0 aliphatic carbocycles. The number of nitrogens with zero attached hydrogens (tertiary/aromatic N) is 3. The average Bonchev–Trinajstić information content (AvgIpc) is 2.97. The van der Waals surface area contributed by atoms with E-state index in [1.807, 2.05) is 13.0 Å². The van der Waals surface area contributed by atoms with Crippen molar-refractivity contribution in [1.29, 1.82) is 0 Å². The summed E-state index contributed by atoms with van der Waals surface area (Å²) >= 11 is 6.53. The molecule has 0 aliphatic heterocycles. The number of aromatic hydroxyl groups is 1. The number of hydrogen-bond acceptors (Lipinski definition) is 5. The highest BCUT2D eigenvalue weighted by Gasteiger charge is 2.14. The number of aryl methyl sites for hydroxylation is 2. The average molecular weight is 422 g/mol. The molecule has 4 rings (SSSR count). The third kappa shape index (κ3) is 3.86. The normalized spacial score (nSPS) is 11.9. The van der Waals surface area contributed by atoms with Crippen molar-refractivity contribution in [2.24, 2.45) is 4.99 Å². The molecule has 0 amide bonds. The lowest BCUT2D eigenvalue weighted by molar-refractivity contribution is 0.432. The quantitative estimate of drug-likeness (QED) is 0.462. The molecule has 0 saturated heterocycles. The highest BCUT2D eigenvalue weighted by molar-refractivity contribution is 6.34. The van der Waals surface area contributed by atoms with Gasteiger partial charge in [-0.3, -0.25) is 4.99 Å². The van der Waals surface area contributed by atoms with Crippen molar-refractivity contribution in [3.8, 4) is 5.75 Å². The molecule has 0 atom stereocenters. The number of benzene rings is 2. The molecule has 30 heavy (non-hydrogen) atoms. The predicted octanol–water partition coefficient (Wildman–Crippen LogP) is 5.15. The van der Waals surface area contributed by atoms with Crippen LogP contribution in [0, 0.1) is 13.8 Å². The minimum atomic E-state index is -0.625. The SMILES string of the molecule is CC(=Nc1ccc2c(Cl)n(Cc3ccc(C)cc3)nc2c1)c1c(O)cc(C)oc1=O. The fraction of sp³-hybridized carbons (Fsp3) is 0.174. The minimum Gasteiger partial charge on any atom is -0.507 e. The number of fused-ring (bicyclic) bond motifs is 1. The molecule has 2 heterocycles. The Labute approximate surface area is 178 Å². The van der Waals surface area contributed by atoms with Gasteiger partial charge in [0.1, 0.15) is 22.2 Å². The lowest BCUT2D eigenvalue weighted by atomic mass is 10.1. The maximum absolute atomic E-state index is 12.1. The Balaban J connectivity index is 1.69. The summed E-state index contributed by atoms with van der Waals surface area (Å²) in [4.78, 5) is 16.6. The van der Waals surface area contributed by atoms with Crippen LogP contribution in [0.2, 0.25) is 5.15 Å². The van der Waals surface area contributed by atoms with Crippen LogP contribution in [-0.4, -0.2) is 20.6 Å². The van der Waals surface area contributed by atoms with Crippen molar-refractivity contribution in [2.45, 2.75) is 27.3 Å². The molecule has 0 aliphatic rings. The van der Waals surface area contributed by atoms with Gasteiger partial charge in [-0.25, -0.2) is 9.48 Å². The highest BCUT2D eigenvalue weighted by Crippen LogP contribution is 2.28. The summed E-state index contributed by atoms with van der Waals surface area (Å²) in [7, 11) is 0. The second kappa shape index (κ2) is 7.80. The van der Waals surface area contributed by atoms with E-state index < -0.39 is 5.63 Å². The molecule has 7 heteroatoms. The monoisotopic (exact) mass is 421 g/mol. The van der Waals surface area contributed by atoms with Gasteiger partial charge in [0.15, 0.2) is 0 Å². The van der Waals surface area contributed by atoms with Crippen molar-refractivity contribution in [3.63, 3.8) is 0 Å². The molecule has 2 aromatic carbocycles. The van der Waals surface area contributed by atoms with Crippen molar-refractivity contribution < 1.29 is 9.52 Å². The van der Waals surface area contributed by atoms with Crippen LogP contribution < -0.4 is 5.63 Å². The third-order valence-electron chi connectivity index (χ3n) is 4.82. The van der Waals surface area contributed by atoms with E-state index in [9.17, 15) is 9.90 Å². The topological polar surface area (TPSA) is 80.6 Å². The minimum absolute atomic E-state index is 0.0450. The van der Waals surface area contributed by atoms with Crippen LogP contribution in [-0.2, 0) is 6.54 Å². The summed E-state index contributed by atoms with van der Waals surface area (Å²) in [5.74, 6) is 0.181. The Kier molecular flexibility index (Phi) is 5.18. The zero-order chi connectivity index (χ0) is 21.4. The summed E-state index contributed by atoms with van der Waals surface area (Å²) in [6, 6.07) is 15.0. The molecule has 0 bridgehead atoms. The zero-order valence-corrected chi connectivity index (χ0v) is 17.6. The van der Waals surface area contributed by atoms with Crippen LogP contribution in [0.5, 0.6) is 5.75 Å². The van der Waals surface area contributed by atoms with E-state index in [1.54, 1.807) is 30.7 Å². The smallest absolute Gasteiger partial charge is 0.348 e. The van der Waals surface area contributed by atoms with Crippen molar-refractivity contribution in [2.75, 3.05) is 0 Å².